The highest BCUT2D eigenvalue weighted by Gasteiger charge is 2.19. The molecule has 0 unspecified atom stereocenters. The number of carbonyl (C=O) groups excluding carboxylic acids is 1. The Kier molecular flexibility index (Phi) is 4.75. The summed E-state index contributed by atoms with van der Waals surface area (Å²) in [5.41, 5.74) is 1.99. The summed E-state index contributed by atoms with van der Waals surface area (Å²) in [6.45, 7) is 1.45. The lowest BCUT2D eigenvalue weighted by molar-refractivity contribution is 0.0952. The fourth-order valence-electron chi connectivity index (χ4n) is 3.24. The van der Waals surface area contributed by atoms with E-state index in [0.717, 1.165) is 34.9 Å². The van der Waals surface area contributed by atoms with Gasteiger partial charge in [-0.15, -0.1) is 11.3 Å². The van der Waals surface area contributed by atoms with Gasteiger partial charge in [0.1, 0.15) is 16.5 Å². The molecule has 0 bridgehead atoms. The molecule has 1 aliphatic rings. The van der Waals surface area contributed by atoms with Crippen LogP contribution >= 0.6 is 11.3 Å². The summed E-state index contributed by atoms with van der Waals surface area (Å²) in [4.78, 5) is 18.9. The number of nitrogens with zero attached hydrogens (tertiary/aromatic N) is 2. The first-order valence-corrected chi connectivity index (χ1v) is 9.62. The van der Waals surface area contributed by atoms with Gasteiger partial charge in [-0.05, 0) is 24.5 Å². The fourth-order valence-corrected chi connectivity index (χ4v) is 4.28. The average molecular weight is 367 g/mol. The first-order valence-electron chi connectivity index (χ1n) is 8.81. The standard InChI is InChI=1S/C20H21N3O2S/c1-25-16-11-17(14-7-3-2-4-8-14)26-19(16)20(24)21-12-15-13-23-10-6-5-9-18(23)22-15/h2-4,7-8,11,13H,5-6,9-10,12H2,1H3,(H,21,24). The van der Waals surface area contributed by atoms with Crippen molar-refractivity contribution < 1.29 is 9.53 Å². The van der Waals surface area contributed by atoms with E-state index in [0.29, 0.717) is 17.2 Å². The molecule has 1 aliphatic heterocycles. The van der Waals surface area contributed by atoms with Gasteiger partial charge in [0.25, 0.3) is 5.91 Å². The number of ether oxygens (including phenoxy) is 1. The van der Waals surface area contributed by atoms with Crippen LogP contribution in [0.4, 0.5) is 0 Å². The van der Waals surface area contributed by atoms with Crippen molar-refractivity contribution in [1.82, 2.24) is 14.9 Å². The third-order valence-electron chi connectivity index (χ3n) is 4.57. The highest BCUT2D eigenvalue weighted by molar-refractivity contribution is 7.17. The van der Waals surface area contributed by atoms with Gasteiger partial charge in [-0.1, -0.05) is 30.3 Å². The first kappa shape index (κ1) is 16.8. The van der Waals surface area contributed by atoms with E-state index < -0.39 is 0 Å². The predicted octanol–water partition coefficient (Wildman–Crippen LogP) is 3.89. The molecule has 0 saturated carbocycles. The summed E-state index contributed by atoms with van der Waals surface area (Å²) in [7, 11) is 1.59. The number of aryl methyl sites for hydroxylation is 2. The molecule has 4 rings (SSSR count). The van der Waals surface area contributed by atoms with Crippen LogP contribution in [0.15, 0.2) is 42.6 Å². The van der Waals surface area contributed by atoms with E-state index in [4.69, 9.17) is 4.74 Å². The highest BCUT2D eigenvalue weighted by atomic mass is 32.1. The van der Waals surface area contributed by atoms with Crippen molar-refractivity contribution in [2.45, 2.75) is 32.4 Å². The Labute approximate surface area is 156 Å². The number of thiophene rings is 1. The molecule has 134 valence electrons. The first-order chi connectivity index (χ1) is 12.7. The predicted molar refractivity (Wildman–Crippen MR) is 103 cm³/mol. The van der Waals surface area contributed by atoms with Gasteiger partial charge >= 0.3 is 0 Å². The number of benzene rings is 1. The minimum Gasteiger partial charge on any atom is -0.495 e. The summed E-state index contributed by atoms with van der Waals surface area (Å²) in [5.74, 6) is 1.61. The van der Waals surface area contributed by atoms with Gasteiger partial charge in [0, 0.05) is 24.0 Å². The van der Waals surface area contributed by atoms with E-state index in [9.17, 15) is 4.79 Å². The van der Waals surface area contributed by atoms with Gasteiger partial charge in [0.05, 0.1) is 19.3 Å². The molecule has 3 heterocycles. The lowest BCUT2D eigenvalue weighted by atomic mass is 10.2. The van der Waals surface area contributed by atoms with Crippen LogP contribution in [0.25, 0.3) is 10.4 Å². The third kappa shape index (κ3) is 3.37. The number of methoxy groups -OCH3 is 1. The Balaban J connectivity index is 1.49. The maximum absolute atomic E-state index is 12.7. The van der Waals surface area contributed by atoms with Gasteiger partial charge in [-0.25, -0.2) is 4.98 Å². The molecule has 0 atom stereocenters. The van der Waals surface area contributed by atoms with E-state index in [-0.39, 0.29) is 5.91 Å². The SMILES string of the molecule is COc1cc(-c2ccccc2)sc1C(=O)NCc1cn2c(n1)CCCC2. The third-order valence-corrected chi connectivity index (χ3v) is 5.74. The second-order valence-electron chi connectivity index (χ2n) is 6.36. The second-order valence-corrected chi connectivity index (χ2v) is 7.41. The molecule has 3 aromatic rings. The van der Waals surface area contributed by atoms with Gasteiger partial charge in [0.15, 0.2) is 0 Å². The van der Waals surface area contributed by atoms with E-state index in [2.05, 4.69) is 21.1 Å². The van der Waals surface area contributed by atoms with E-state index in [1.54, 1.807) is 7.11 Å². The minimum atomic E-state index is -0.125. The zero-order chi connectivity index (χ0) is 17.9. The summed E-state index contributed by atoms with van der Waals surface area (Å²) in [6, 6.07) is 11.9. The molecule has 0 radical (unpaired) electrons. The maximum Gasteiger partial charge on any atom is 0.265 e. The summed E-state index contributed by atoms with van der Waals surface area (Å²) >= 11 is 1.45. The van der Waals surface area contributed by atoms with Crippen LogP contribution in [-0.4, -0.2) is 22.6 Å². The number of carbonyl (C=O) groups is 1. The molecule has 1 N–H and O–H groups in total. The van der Waals surface area contributed by atoms with Crippen molar-refractivity contribution in [1.29, 1.82) is 0 Å². The number of hydrogen-bond acceptors (Lipinski definition) is 4. The Bertz CT molecular complexity index is 891. The fraction of sp³-hybridized carbons (Fsp3) is 0.300. The lowest BCUT2D eigenvalue weighted by Crippen LogP contribution is -2.22. The van der Waals surface area contributed by atoms with Crippen LogP contribution in [0.3, 0.4) is 0 Å². The molecule has 0 spiro atoms. The molecule has 2 aromatic heterocycles. The minimum absolute atomic E-state index is 0.125. The van der Waals surface area contributed by atoms with Crippen LogP contribution in [0, 0.1) is 0 Å². The van der Waals surface area contributed by atoms with E-state index >= 15 is 0 Å². The number of imidazole rings is 1. The molecule has 5 nitrogen and oxygen atoms in total. The normalized spacial score (nSPS) is 13.3. The number of hydrogen-bond donors (Lipinski definition) is 1. The topological polar surface area (TPSA) is 56.1 Å². The van der Waals surface area contributed by atoms with Crippen molar-refractivity contribution in [3.63, 3.8) is 0 Å². The summed E-state index contributed by atoms with van der Waals surface area (Å²) in [6.07, 6.45) is 5.46. The smallest absolute Gasteiger partial charge is 0.265 e. The van der Waals surface area contributed by atoms with Crippen molar-refractivity contribution in [3.8, 4) is 16.2 Å². The average Bonchev–Trinajstić information content (AvgIpc) is 3.30. The molecule has 26 heavy (non-hydrogen) atoms. The Hall–Kier alpha value is -2.60. The highest BCUT2D eigenvalue weighted by Crippen LogP contribution is 2.36. The molecule has 0 aliphatic carbocycles. The van der Waals surface area contributed by atoms with Crippen molar-refractivity contribution in [2.24, 2.45) is 0 Å². The molecular formula is C20H21N3O2S. The quantitative estimate of drug-likeness (QED) is 0.744. The van der Waals surface area contributed by atoms with E-state index in [1.807, 2.05) is 36.4 Å². The van der Waals surface area contributed by atoms with Gasteiger partial charge in [-0.3, -0.25) is 4.79 Å². The van der Waals surface area contributed by atoms with Gasteiger partial charge < -0.3 is 14.6 Å². The molecule has 0 fully saturated rings. The Morgan fingerprint density at radius 3 is 2.92 bits per heavy atom. The number of rotatable bonds is 5. The van der Waals surface area contributed by atoms with E-state index in [1.165, 1.54) is 24.2 Å². The molecule has 1 aromatic carbocycles. The van der Waals surface area contributed by atoms with Crippen LogP contribution in [-0.2, 0) is 19.5 Å². The van der Waals surface area contributed by atoms with Crippen LogP contribution < -0.4 is 10.1 Å². The molecule has 0 saturated heterocycles. The zero-order valence-corrected chi connectivity index (χ0v) is 15.5. The lowest BCUT2D eigenvalue weighted by Gasteiger charge is -2.11. The Morgan fingerprint density at radius 1 is 1.31 bits per heavy atom. The van der Waals surface area contributed by atoms with Crippen LogP contribution in [0.2, 0.25) is 0 Å². The summed E-state index contributed by atoms with van der Waals surface area (Å²) < 4.78 is 7.62. The number of amides is 1. The van der Waals surface area contributed by atoms with Gasteiger partial charge in [-0.2, -0.15) is 0 Å². The Morgan fingerprint density at radius 2 is 2.15 bits per heavy atom. The number of aromatic nitrogens is 2. The van der Waals surface area contributed by atoms with Crippen LogP contribution in [0.5, 0.6) is 5.75 Å². The number of fused-ring (bicyclic) bond motifs is 1. The monoisotopic (exact) mass is 367 g/mol. The molecule has 1 amide bonds. The van der Waals surface area contributed by atoms with Crippen molar-refractivity contribution in [2.75, 3.05) is 7.11 Å². The largest absolute Gasteiger partial charge is 0.495 e. The van der Waals surface area contributed by atoms with Crippen molar-refractivity contribution >= 4 is 17.2 Å². The van der Waals surface area contributed by atoms with Gasteiger partial charge in [0.2, 0.25) is 0 Å². The summed E-state index contributed by atoms with van der Waals surface area (Å²) in [5, 5.41) is 2.98. The molecule has 6 heteroatoms. The number of nitrogens with one attached hydrogen (secondary N) is 1. The zero-order valence-electron chi connectivity index (χ0n) is 14.7. The van der Waals surface area contributed by atoms with Crippen LogP contribution in [0.1, 0.15) is 34.0 Å². The van der Waals surface area contributed by atoms with Crippen molar-refractivity contribution in [3.05, 3.63) is 59.0 Å². The molecular weight excluding hydrogens is 346 g/mol. The maximum atomic E-state index is 12.7. The second kappa shape index (κ2) is 7.33.